The van der Waals surface area contributed by atoms with E-state index in [2.05, 4.69) is 20.4 Å². The van der Waals surface area contributed by atoms with Crippen molar-refractivity contribution < 1.29 is 23.1 Å². The summed E-state index contributed by atoms with van der Waals surface area (Å²) in [4.78, 5) is 28.2. The fourth-order valence-corrected chi connectivity index (χ4v) is 2.57. The van der Waals surface area contributed by atoms with E-state index in [1.54, 1.807) is 32.9 Å². The predicted molar refractivity (Wildman–Crippen MR) is 101 cm³/mol. The minimum Gasteiger partial charge on any atom is -0.433 e. The van der Waals surface area contributed by atoms with Crippen molar-refractivity contribution >= 4 is 17.6 Å². The Morgan fingerprint density at radius 3 is 2.50 bits per heavy atom. The normalized spacial score (nSPS) is 11.1. The zero-order chi connectivity index (χ0) is 20.9. The molecule has 0 unspecified atom stereocenters. The molecule has 1 aromatic heterocycles. The average Bonchev–Trinajstić information content (AvgIpc) is 2.57. The second-order valence-corrected chi connectivity index (χ2v) is 6.53. The van der Waals surface area contributed by atoms with Crippen LogP contribution in [0.2, 0.25) is 0 Å². The van der Waals surface area contributed by atoms with Gasteiger partial charge in [-0.3, -0.25) is 9.59 Å². The Morgan fingerprint density at radius 1 is 1.14 bits per heavy atom. The Hall–Kier alpha value is -3.03. The maximum Gasteiger partial charge on any atom is 0.394 e. The summed E-state index contributed by atoms with van der Waals surface area (Å²) in [5, 5.41) is 5.35. The van der Waals surface area contributed by atoms with Crippen LogP contribution in [0.15, 0.2) is 30.3 Å². The number of pyridine rings is 1. The van der Waals surface area contributed by atoms with Crippen molar-refractivity contribution in [3.05, 3.63) is 52.7 Å². The van der Waals surface area contributed by atoms with Crippen LogP contribution in [0.1, 0.15) is 47.4 Å². The van der Waals surface area contributed by atoms with E-state index in [-0.39, 0.29) is 24.1 Å². The van der Waals surface area contributed by atoms with Gasteiger partial charge in [0.15, 0.2) is 0 Å². The summed E-state index contributed by atoms with van der Waals surface area (Å²) in [6, 6.07) is 7.80. The van der Waals surface area contributed by atoms with Crippen molar-refractivity contribution in [2.45, 2.75) is 46.8 Å². The highest BCUT2D eigenvalue weighted by molar-refractivity contribution is 5.96. The van der Waals surface area contributed by atoms with E-state index in [9.17, 15) is 18.4 Å². The number of alkyl halides is 2. The molecule has 1 aromatic carbocycles. The van der Waals surface area contributed by atoms with Gasteiger partial charge in [-0.15, -0.1) is 0 Å². The highest BCUT2D eigenvalue weighted by Gasteiger charge is 2.23. The van der Waals surface area contributed by atoms with Crippen LogP contribution in [0.25, 0.3) is 0 Å². The second-order valence-electron chi connectivity index (χ2n) is 6.53. The van der Waals surface area contributed by atoms with E-state index in [0.717, 1.165) is 5.56 Å². The third kappa shape index (κ3) is 6.61. The van der Waals surface area contributed by atoms with Crippen LogP contribution < -0.4 is 15.4 Å². The number of rotatable bonds is 7. The monoisotopic (exact) mass is 391 g/mol. The van der Waals surface area contributed by atoms with Crippen molar-refractivity contribution in [3.8, 4) is 5.75 Å². The molecule has 0 aliphatic carbocycles. The van der Waals surface area contributed by atoms with Crippen LogP contribution in [0.5, 0.6) is 5.75 Å². The number of halogens is 2. The van der Waals surface area contributed by atoms with Gasteiger partial charge in [0.05, 0.1) is 0 Å². The van der Waals surface area contributed by atoms with Gasteiger partial charge in [0.1, 0.15) is 11.6 Å². The van der Waals surface area contributed by atoms with Gasteiger partial charge < -0.3 is 15.4 Å². The van der Waals surface area contributed by atoms with Gasteiger partial charge in [0.2, 0.25) is 5.91 Å². The molecular formula is C20H23F2N3O3. The van der Waals surface area contributed by atoms with Crippen molar-refractivity contribution in [3.63, 3.8) is 0 Å². The SMILES string of the molecule is CCC(=O)Nc1cc(C(=O)NCc2cc(C)cc(OC(C)(F)F)c2)cc(C)n1. The molecule has 0 radical (unpaired) electrons. The summed E-state index contributed by atoms with van der Waals surface area (Å²) < 4.78 is 30.7. The predicted octanol–water partition coefficient (Wildman–Crippen LogP) is 3.97. The van der Waals surface area contributed by atoms with Crippen molar-refractivity contribution in [1.82, 2.24) is 10.3 Å². The lowest BCUT2D eigenvalue weighted by atomic mass is 10.1. The molecule has 0 saturated carbocycles. The molecule has 2 N–H and O–H groups in total. The molecule has 0 fully saturated rings. The number of anilines is 1. The molecule has 2 aromatic rings. The van der Waals surface area contributed by atoms with Crippen molar-refractivity contribution in [1.29, 1.82) is 0 Å². The van der Waals surface area contributed by atoms with Gasteiger partial charge in [0.25, 0.3) is 5.91 Å². The number of aromatic nitrogens is 1. The third-order valence-electron chi connectivity index (χ3n) is 3.66. The minimum absolute atomic E-state index is 0.0288. The van der Waals surface area contributed by atoms with Gasteiger partial charge in [-0.05, 0) is 49.2 Å². The summed E-state index contributed by atoms with van der Waals surface area (Å²) in [5.41, 5.74) is 2.27. The molecule has 2 amide bonds. The van der Waals surface area contributed by atoms with Crippen LogP contribution in [-0.4, -0.2) is 22.9 Å². The van der Waals surface area contributed by atoms with Crippen LogP contribution in [0.3, 0.4) is 0 Å². The zero-order valence-electron chi connectivity index (χ0n) is 16.2. The van der Waals surface area contributed by atoms with E-state index >= 15 is 0 Å². The van der Waals surface area contributed by atoms with Gasteiger partial charge in [-0.2, -0.15) is 8.78 Å². The van der Waals surface area contributed by atoms with Crippen LogP contribution in [-0.2, 0) is 11.3 Å². The van der Waals surface area contributed by atoms with E-state index in [4.69, 9.17) is 0 Å². The molecule has 1 heterocycles. The lowest BCUT2D eigenvalue weighted by Crippen LogP contribution is -2.24. The molecule has 0 spiro atoms. The largest absolute Gasteiger partial charge is 0.433 e. The number of nitrogens with zero attached hydrogens (tertiary/aromatic N) is 1. The molecule has 2 rings (SSSR count). The van der Waals surface area contributed by atoms with E-state index in [1.807, 2.05) is 0 Å². The van der Waals surface area contributed by atoms with Gasteiger partial charge >= 0.3 is 6.11 Å². The first kappa shape index (κ1) is 21.3. The maximum absolute atomic E-state index is 13.1. The van der Waals surface area contributed by atoms with Gasteiger partial charge in [-0.25, -0.2) is 4.98 Å². The number of carbonyl (C=O) groups is 2. The number of carbonyl (C=O) groups excluding carboxylic acids is 2. The van der Waals surface area contributed by atoms with E-state index < -0.39 is 6.11 Å². The topological polar surface area (TPSA) is 80.3 Å². The second kappa shape index (κ2) is 8.77. The molecule has 0 aliphatic heterocycles. The summed E-state index contributed by atoms with van der Waals surface area (Å²) >= 11 is 0. The average molecular weight is 391 g/mol. The molecular weight excluding hydrogens is 368 g/mol. The smallest absolute Gasteiger partial charge is 0.394 e. The summed E-state index contributed by atoms with van der Waals surface area (Å²) in [5.74, 6) is -0.249. The van der Waals surface area contributed by atoms with Gasteiger partial charge in [0, 0.05) is 31.1 Å². The number of hydrogen-bond acceptors (Lipinski definition) is 4. The number of hydrogen-bond donors (Lipinski definition) is 2. The summed E-state index contributed by atoms with van der Waals surface area (Å²) in [6.07, 6.45) is -2.99. The lowest BCUT2D eigenvalue weighted by molar-refractivity contribution is -0.159. The Morgan fingerprint density at radius 2 is 1.86 bits per heavy atom. The Labute approximate surface area is 162 Å². The molecule has 0 aliphatic rings. The van der Waals surface area contributed by atoms with Crippen molar-refractivity contribution in [2.24, 2.45) is 0 Å². The van der Waals surface area contributed by atoms with Crippen molar-refractivity contribution in [2.75, 3.05) is 5.32 Å². The van der Waals surface area contributed by atoms with E-state index in [0.29, 0.717) is 36.0 Å². The zero-order valence-corrected chi connectivity index (χ0v) is 16.2. The first-order valence-corrected chi connectivity index (χ1v) is 8.80. The molecule has 0 bridgehead atoms. The Kier molecular flexibility index (Phi) is 6.66. The fraction of sp³-hybridized carbons (Fsp3) is 0.350. The number of benzene rings is 1. The molecule has 0 atom stereocenters. The fourth-order valence-electron chi connectivity index (χ4n) is 2.57. The van der Waals surface area contributed by atoms with Crippen LogP contribution in [0.4, 0.5) is 14.6 Å². The first-order valence-electron chi connectivity index (χ1n) is 8.80. The van der Waals surface area contributed by atoms with Crippen LogP contribution >= 0.6 is 0 Å². The standard InChI is InChI=1S/C20H23F2N3O3/c1-5-18(26)25-17-10-15(8-13(3)24-17)19(27)23-11-14-6-12(2)7-16(9-14)28-20(4,21)22/h6-10H,5,11H2,1-4H3,(H,23,27)(H,24,25,26). The Balaban J connectivity index is 2.11. The molecule has 0 saturated heterocycles. The molecule has 8 heteroatoms. The van der Waals surface area contributed by atoms with E-state index in [1.165, 1.54) is 18.2 Å². The lowest BCUT2D eigenvalue weighted by Gasteiger charge is -2.15. The number of amides is 2. The Bertz CT molecular complexity index is 879. The minimum atomic E-state index is -3.29. The highest BCUT2D eigenvalue weighted by Crippen LogP contribution is 2.23. The number of ether oxygens (including phenoxy) is 1. The molecule has 28 heavy (non-hydrogen) atoms. The molecule has 150 valence electrons. The maximum atomic E-state index is 13.1. The summed E-state index contributed by atoms with van der Waals surface area (Å²) in [6.45, 7) is 5.98. The van der Waals surface area contributed by atoms with Crippen LogP contribution in [0, 0.1) is 13.8 Å². The highest BCUT2D eigenvalue weighted by atomic mass is 19.3. The number of nitrogens with one attached hydrogen (secondary N) is 2. The quantitative estimate of drug-likeness (QED) is 0.748. The van der Waals surface area contributed by atoms with Gasteiger partial charge in [-0.1, -0.05) is 13.0 Å². The third-order valence-corrected chi connectivity index (χ3v) is 3.66. The first-order chi connectivity index (χ1) is 13.1. The molecule has 6 nitrogen and oxygen atoms in total. The summed E-state index contributed by atoms with van der Waals surface area (Å²) in [7, 11) is 0. The number of aryl methyl sites for hydroxylation is 2.